The van der Waals surface area contributed by atoms with Crippen LogP contribution in [0.15, 0.2) is 0 Å². The lowest BCUT2D eigenvalue weighted by Gasteiger charge is -2.41. The van der Waals surface area contributed by atoms with E-state index in [1.54, 1.807) is 0 Å². The number of nitrogens with zero attached hydrogens (tertiary/aromatic N) is 1. The molecule has 0 N–H and O–H groups in total. The van der Waals surface area contributed by atoms with E-state index in [0.717, 1.165) is 0 Å². The third-order valence-electron chi connectivity index (χ3n) is 3.70. The number of hydrogen-bond acceptors (Lipinski definition) is 0. The van der Waals surface area contributed by atoms with Crippen LogP contribution in [0.2, 0.25) is 0 Å². The Bertz CT molecular complexity index is 131. The van der Waals surface area contributed by atoms with E-state index in [1.165, 1.54) is 75.6 Å². The van der Waals surface area contributed by atoms with Crippen molar-refractivity contribution >= 4 is 0 Å². The maximum atomic E-state index is 2.34. The summed E-state index contributed by atoms with van der Waals surface area (Å²) in [5.74, 6) is 0. The normalized spacial score (nSPS) is 21.0. The molecule has 1 heterocycles. The summed E-state index contributed by atoms with van der Waals surface area (Å²) in [6, 6.07) is 0. The van der Waals surface area contributed by atoms with Crippen molar-refractivity contribution in [3.8, 4) is 0 Å². The van der Waals surface area contributed by atoms with Gasteiger partial charge in [0.25, 0.3) is 0 Å². The van der Waals surface area contributed by atoms with E-state index in [1.807, 2.05) is 0 Å². The number of hydrogen-bond donors (Lipinski definition) is 0. The Balaban J connectivity index is 2.34. The summed E-state index contributed by atoms with van der Waals surface area (Å²) in [6.07, 6.45) is 10.1. The number of likely N-dealkylation sites (tertiary alicyclic amines) is 1. The monoisotopic (exact) mass is 198 g/mol. The summed E-state index contributed by atoms with van der Waals surface area (Å²) in [7, 11) is 0. The number of quaternary nitrogens is 1. The second-order valence-electron chi connectivity index (χ2n) is 5.00. The van der Waals surface area contributed by atoms with Crippen LogP contribution in [0.1, 0.15) is 58.8 Å². The Morgan fingerprint density at radius 3 is 2.07 bits per heavy atom. The molecule has 0 amide bonds. The average molecular weight is 198 g/mol. The Kier molecular flexibility index (Phi) is 5.54. The van der Waals surface area contributed by atoms with Crippen LogP contribution in [0.5, 0.6) is 0 Å². The van der Waals surface area contributed by atoms with Crippen LogP contribution >= 0.6 is 0 Å². The molecule has 0 spiro atoms. The predicted molar refractivity (Wildman–Crippen MR) is 63.4 cm³/mol. The van der Waals surface area contributed by atoms with Gasteiger partial charge in [0.1, 0.15) is 0 Å². The molecule has 1 nitrogen and oxygen atoms in total. The molecule has 1 aliphatic rings. The molecule has 84 valence electrons. The van der Waals surface area contributed by atoms with Gasteiger partial charge in [0, 0.05) is 0 Å². The standard InChI is InChI=1S/C13H28N/c1-3-5-7-11-14(10-4-2)12-8-6-9-13-14/h3-13H2,1-2H3/q+1. The lowest BCUT2D eigenvalue weighted by atomic mass is 10.1. The van der Waals surface area contributed by atoms with E-state index < -0.39 is 0 Å². The highest BCUT2D eigenvalue weighted by Crippen LogP contribution is 2.20. The van der Waals surface area contributed by atoms with Gasteiger partial charge < -0.3 is 4.48 Å². The molecule has 1 heteroatoms. The van der Waals surface area contributed by atoms with Crippen molar-refractivity contribution in [1.29, 1.82) is 0 Å². The molecule has 0 aliphatic carbocycles. The fourth-order valence-corrected chi connectivity index (χ4v) is 2.91. The summed E-state index contributed by atoms with van der Waals surface area (Å²) in [5.41, 5.74) is 0. The second-order valence-corrected chi connectivity index (χ2v) is 5.00. The van der Waals surface area contributed by atoms with Crippen LogP contribution in [0.25, 0.3) is 0 Å². The molecular formula is C13H28N+. The molecule has 0 saturated carbocycles. The van der Waals surface area contributed by atoms with Crippen LogP contribution in [-0.4, -0.2) is 30.7 Å². The van der Waals surface area contributed by atoms with E-state index in [4.69, 9.17) is 0 Å². The molecule has 0 radical (unpaired) electrons. The Morgan fingerprint density at radius 2 is 1.50 bits per heavy atom. The van der Waals surface area contributed by atoms with Gasteiger partial charge in [-0.25, -0.2) is 0 Å². The third-order valence-corrected chi connectivity index (χ3v) is 3.70. The van der Waals surface area contributed by atoms with Crippen molar-refractivity contribution in [2.75, 3.05) is 26.2 Å². The van der Waals surface area contributed by atoms with Crippen molar-refractivity contribution in [2.45, 2.75) is 58.8 Å². The minimum atomic E-state index is 1.37. The third kappa shape index (κ3) is 3.61. The fourth-order valence-electron chi connectivity index (χ4n) is 2.91. The highest BCUT2D eigenvalue weighted by Gasteiger charge is 2.27. The van der Waals surface area contributed by atoms with Crippen LogP contribution in [0, 0.1) is 0 Å². The zero-order valence-electron chi connectivity index (χ0n) is 10.2. The summed E-state index contributed by atoms with van der Waals surface area (Å²) in [5, 5.41) is 0. The molecule has 0 aromatic rings. The fraction of sp³-hybridized carbons (Fsp3) is 1.00. The highest BCUT2D eigenvalue weighted by atomic mass is 15.3. The highest BCUT2D eigenvalue weighted by molar-refractivity contribution is 4.54. The quantitative estimate of drug-likeness (QED) is 0.452. The zero-order chi connectivity index (χ0) is 10.3. The Labute approximate surface area is 90.1 Å². The van der Waals surface area contributed by atoms with E-state index in [2.05, 4.69) is 13.8 Å². The van der Waals surface area contributed by atoms with Gasteiger partial charge in [-0.1, -0.05) is 20.3 Å². The molecule has 0 aromatic carbocycles. The van der Waals surface area contributed by atoms with E-state index >= 15 is 0 Å². The molecule has 0 aromatic heterocycles. The van der Waals surface area contributed by atoms with Gasteiger partial charge >= 0.3 is 0 Å². The SMILES string of the molecule is CCCCC[N+]1(CCC)CCCCC1. The lowest BCUT2D eigenvalue weighted by molar-refractivity contribution is -0.932. The Morgan fingerprint density at radius 1 is 0.786 bits per heavy atom. The van der Waals surface area contributed by atoms with E-state index in [0.29, 0.717) is 0 Å². The molecule has 0 unspecified atom stereocenters. The summed E-state index contributed by atoms with van der Waals surface area (Å²) >= 11 is 0. The minimum absolute atomic E-state index is 1.37. The zero-order valence-corrected chi connectivity index (χ0v) is 10.2. The molecular weight excluding hydrogens is 170 g/mol. The number of rotatable bonds is 6. The van der Waals surface area contributed by atoms with Gasteiger partial charge in [0.05, 0.1) is 26.2 Å². The summed E-state index contributed by atoms with van der Waals surface area (Å²) < 4.78 is 1.45. The predicted octanol–water partition coefficient (Wildman–Crippen LogP) is 3.59. The first-order valence-corrected chi connectivity index (χ1v) is 6.68. The topological polar surface area (TPSA) is 0 Å². The smallest absolute Gasteiger partial charge is 0.0786 e. The average Bonchev–Trinajstić information content (AvgIpc) is 2.20. The van der Waals surface area contributed by atoms with Crippen molar-refractivity contribution in [2.24, 2.45) is 0 Å². The largest absolute Gasteiger partial charge is 0.324 e. The second kappa shape index (κ2) is 6.44. The molecule has 14 heavy (non-hydrogen) atoms. The summed E-state index contributed by atoms with van der Waals surface area (Å²) in [6.45, 7) is 10.5. The maximum Gasteiger partial charge on any atom is 0.0786 e. The lowest BCUT2D eigenvalue weighted by Crippen LogP contribution is -2.52. The van der Waals surface area contributed by atoms with Crippen LogP contribution in [0.3, 0.4) is 0 Å². The number of unbranched alkanes of at least 4 members (excludes halogenated alkanes) is 2. The van der Waals surface area contributed by atoms with Crippen LogP contribution < -0.4 is 0 Å². The maximum absolute atomic E-state index is 2.34. The van der Waals surface area contributed by atoms with Crippen molar-refractivity contribution in [3.05, 3.63) is 0 Å². The first kappa shape index (κ1) is 12.0. The summed E-state index contributed by atoms with van der Waals surface area (Å²) in [4.78, 5) is 0. The molecule has 0 atom stereocenters. The van der Waals surface area contributed by atoms with E-state index in [9.17, 15) is 0 Å². The van der Waals surface area contributed by atoms with Gasteiger partial charge in [-0.15, -0.1) is 0 Å². The number of piperidine rings is 1. The van der Waals surface area contributed by atoms with Gasteiger partial charge in [-0.3, -0.25) is 0 Å². The molecule has 1 aliphatic heterocycles. The van der Waals surface area contributed by atoms with Crippen molar-refractivity contribution in [1.82, 2.24) is 0 Å². The van der Waals surface area contributed by atoms with Crippen LogP contribution in [-0.2, 0) is 0 Å². The van der Waals surface area contributed by atoms with Crippen LogP contribution in [0.4, 0.5) is 0 Å². The molecule has 1 rings (SSSR count). The Hall–Kier alpha value is -0.0400. The van der Waals surface area contributed by atoms with Crippen molar-refractivity contribution < 1.29 is 4.48 Å². The van der Waals surface area contributed by atoms with E-state index in [-0.39, 0.29) is 0 Å². The molecule has 1 saturated heterocycles. The van der Waals surface area contributed by atoms with Crippen molar-refractivity contribution in [3.63, 3.8) is 0 Å². The minimum Gasteiger partial charge on any atom is -0.324 e. The first-order chi connectivity index (χ1) is 6.83. The van der Waals surface area contributed by atoms with Gasteiger partial charge in [0.2, 0.25) is 0 Å². The van der Waals surface area contributed by atoms with Gasteiger partial charge in [-0.2, -0.15) is 0 Å². The molecule has 0 bridgehead atoms. The first-order valence-electron chi connectivity index (χ1n) is 6.68. The van der Waals surface area contributed by atoms with Gasteiger partial charge in [-0.05, 0) is 38.5 Å². The van der Waals surface area contributed by atoms with Gasteiger partial charge in [0.15, 0.2) is 0 Å². The molecule has 1 fully saturated rings.